The molecule has 0 spiro atoms. The highest BCUT2D eigenvalue weighted by Crippen LogP contribution is 2.09. The summed E-state index contributed by atoms with van der Waals surface area (Å²) in [5.41, 5.74) is 5.48. The van der Waals surface area contributed by atoms with Crippen LogP contribution in [0.2, 0.25) is 0 Å². The summed E-state index contributed by atoms with van der Waals surface area (Å²) in [6, 6.07) is -0.304. The van der Waals surface area contributed by atoms with Gasteiger partial charge in [0.05, 0.1) is 25.4 Å². The Kier molecular flexibility index (Phi) is 12.2. The van der Waals surface area contributed by atoms with Gasteiger partial charge in [0.1, 0.15) is 0 Å². The molecular weight excluding hydrogens is 218 g/mol. The summed E-state index contributed by atoms with van der Waals surface area (Å²) in [6.45, 7) is 3.02. The minimum Gasteiger partial charge on any atom is -0.395 e. The number of ether oxygens (including phenoxy) is 1. The molecule has 0 saturated heterocycles. The van der Waals surface area contributed by atoms with E-state index in [-0.39, 0.29) is 18.8 Å². The van der Waals surface area contributed by atoms with E-state index in [0.29, 0.717) is 19.6 Å². The minimum absolute atomic E-state index is 0.0556. The third-order valence-electron chi connectivity index (χ3n) is 2.80. The normalized spacial score (nSPS) is 14.8. The van der Waals surface area contributed by atoms with Crippen molar-refractivity contribution in [2.45, 2.75) is 64.0 Å². The number of aliphatic hydroxyl groups is 2. The zero-order chi connectivity index (χ0) is 12.9. The van der Waals surface area contributed by atoms with Crippen molar-refractivity contribution in [1.29, 1.82) is 0 Å². The SMILES string of the molecule is CCCCCCC[C@@H](O)CCOC[C@@H](N)CO. The first-order chi connectivity index (χ1) is 8.20. The molecule has 0 aromatic rings. The Morgan fingerprint density at radius 3 is 2.47 bits per heavy atom. The molecule has 4 nitrogen and oxygen atoms in total. The van der Waals surface area contributed by atoms with Crippen LogP contribution in [0.1, 0.15) is 51.9 Å². The van der Waals surface area contributed by atoms with Crippen LogP contribution in [0.5, 0.6) is 0 Å². The minimum atomic E-state index is -0.304. The van der Waals surface area contributed by atoms with Crippen LogP contribution in [0.3, 0.4) is 0 Å². The van der Waals surface area contributed by atoms with Gasteiger partial charge in [-0.1, -0.05) is 39.0 Å². The Hall–Kier alpha value is -0.160. The van der Waals surface area contributed by atoms with Crippen molar-refractivity contribution in [3.63, 3.8) is 0 Å². The maximum atomic E-state index is 9.67. The topological polar surface area (TPSA) is 75.7 Å². The van der Waals surface area contributed by atoms with E-state index in [4.69, 9.17) is 15.6 Å². The molecule has 0 aromatic heterocycles. The van der Waals surface area contributed by atoms with E-state index in [1.54, 1.807) is 0 Å². The first kappa shape index (κ1) is 16.8. The molecule has 0 amide bonds. The average molecular weight is 247 g/mol. The van der Waals surface area contributed by atoms with Gasteiger partial charge in [-0.3, -0.25) is 0 Å². The van der Waals surface area contributed by atoms with E-state index < -0.39 is 0 Å². The van der Waals surface area contributed by atoms with E-state index >= 15 is 0 Å². The van der Waals surface area contributed by atoms with E-state index in [1.807, 2.05) is 0 Å². The first-order valence-electron chi connectivity index (χ1n) is 6.83. The molecule has 17 heavy (non-hydrogen) atoms. The Bertz CT molecular complexity index is 156. The Morgan fingerprint density at radius 1 is 1.12 bits per heavy atom. The van der Waals surface area contributed by atoms with Crippen molar-refractivity contribution < 1.29 is 14.9 Å². The van der Waals surface area contributed by atoms with Crippen molar-refractivity contribution in [2.75, 3.05) is 19.8 Å². The smallest absolute Gasteiger partial charge is 0.0639 e. The number of unbranched alkanes of at least 4 members (excludes halogenated alkanes) is 4. The van der Waals surface area contributed by atoms with Crippen LogP contribution >= 0.6 is 0 Å². The van der Waals surface area contributed by atoms with Gasteiger partial charge in [0.2, 0.25) is 0 Å². The molecule has 0 rings (SSSR count). The molecule has 4 N–H and O–H groups in total. The molecular formula is C13H29NO3. The molecule has 2 atom stereocenters. The summed E-state index contributed by atoms with van der Waals surface area (Å²) < 4.78 is 5.26. The molecule has 4 heteroatoms. The van der Waals surface area contributed by atoms with E-state index in [1.165, 1.54) is 25.7 Å². The second-order valence-electron chi connectivity index (χ2n) is 4.66. The predicted octanol–water partition coefficient (Wildman–Crippen LogP) is 1.43. The van der Waals surface area contributed by atoms with Crippen LogP contribution in [-0.4, -0.2) is 42.2 Å². The molecule has 0 saturated carbocycles. The lowest BCUT2D eigenvalue weighted by Gasteiger charge is -2.12. The van der Waals surface area contributed by atoms with Crippen molar-refractivity contribution >= 4 is 0 Å². The number of hydrogen-bond acceptors (Lipinski definition) is 4. The highest BCUT2D eigenvalue weighted by Gasteiger charge is 2.05. The van der Waals surface area contributed by atoms with Crippen LogP contribution in [0.25, 0.3) is 0 Å². The Balaban J connectivity index is 3.20. The molecule has 0 fully saturated rings. The van der Waals surface area contributed by atoms with Gasteiger partial charge in [0.25, 0.3) is 0 Å². The third kappa shape index (κ3) is 12.1. The molecule has 0 aromatic carbocycles. The van der Waals surface area contributed by atoms with Crippen LogP contribution in [0, 0.1) is 0 Å². The maximum Gasteiger partial charge on any atom is 0.0639 e. The second kappa shape index (κ2) is 12.3. The fourth-order valence-corrected chi connectivity index (χ4v) is 1.63. The van der Waals surface area contributed by atoms with E-state index in [2.05, 4.69) is 6.92 Å². The van der Waals surface area contributed by atoms with Crippen LogP contribution in [0.4, 0.5) is 0 Å². The number of aliphatic hydroxyl groups excluding tert-OH is 2. The van der Waals surface area contributed by atoms with Crippen molar-refractivity contribution in [2.24, 2.45) is 5.73 Å². The van der Waals surface area contributed by atoms with Crippen LogP contribution in [-0.2, 0) is 4.74 Å². The molecule has 0 aliphatic carbocycles. The van der Waals surface area contributed by atoms with Crippen molar-refractivity contribution in [3.05, 3.63) is 0 Å². The Morgan fingerprint density at radius 2 is 1.82 bits per heavy atom. The molecule has 0 aliphatic heterocycles. The van der Waals surface area contributed by atoms with Gasteiger partial charge >= 0.3 is 0 Å². The maximum absolute atomic E-state index is 9.67. The molecule has 0 aliphatic rings. The van der Waals surface area contributed by atoms with Gasteiger partial charge in [-0.2, -0.15) is 0 Å². The van der Waals surface area contributed by atoms with Gasteiger partial charge in [-0.25, -0.2) is 0 Å². The molecule has 104 valence electrons. The summed E-state index contributed by atoms with van der Waals surface area (Å²) in [6.07, 6.45) is 7.37. The third-order valence-corrected chi connectivity index (χ3v) is 2.80. The van der Waals surface area contributed by atoms with Gasteiger partial charge in [0, 0.05) is 6.61 Å². The number of hydrogen-bond donors (Lipinski definition) is 3. The molecule has 0 bridgehead atoms. The summed E-state index contributed by atoms with van der Waals surface area (Å²) in [5, 5.41) is 18.3. The van der Waals surface area contributed by atoms with Crippen LogP contribution in [0.15, 0.2) is 0 Å². The lowest BCUT2D eigenvalue weighted by Crippen LogP contribution is -2.30. The van der Waals surface area contributed by atoms with Crippen molar-refractivity contribution in [1.82, 2.24) is 0 Å². The summed E-state index contributed by atoms with van der Waals surface area (Å²) in [4.78, 5) is 0. The zero-order valence-corrected chi connectivity index (χ0v) is 11.1. The molecule has 0 radical (unpaired) electrons. The zero-order valence-electron chi connectivity index (χ0n) is 11.1. The summed E-state index contributed by atoms with van der Waals surface area (Å²) >= 11 is 0. The molecule has 0 heterocycles. The number of nitrogens with two attached hydrogens (primary N) is 1. The van der Waals surface area contributed by atoms with E-state index in [9.17, 15) is 5.11 Å². The summed E-state index contributed by atoms with van der Waals surface area (Å²) in [7, 11) is 0. The highest BCUT2D eigenvalue weighted by atomic mass is 16.5. The predicted molar refractivity (Wildman–Crippen MR) is 69.9 cm³/mol. The Labute approximate surface area is 105 Å². The second-order valence-corrected chi connectivity index (χ2v) is 4.66. The largest absolute Gasteiger partial charge is 0.395 e. The quantitative estimate of drug-likeness (QED) is 0.456. The fraction of sp³-hybridized carbons (Fsp3) is 1.00. The van der Waals surface area contributed by atoms with Gasteiger partial charge in [-0.15, -0.1) is 0 Å². The molecule has 0 unspecified atom stereocenters. The van der Waals surface area contributed by atoms with Gasteiger partial charge in [0.15, 0.2) is 0 Å². The fourth-order valence-electron chi connectivity index (χ4n) is 1.63. The lowest BCUT2D eigenvalue weighted by molar-refractivity contribution is 0.0623. The number of rotatable bonds is 12. The van der Waals surface area contributed by atoms with Crippen molar-refractivity contribution in [3.8, 4) is 0 Å². The van der Waals surface area contributed by atoms with Gasteiger partial charge < -0.3 is 20.7 Å². The van der Waals surface area contributed by atoms with E-state index in [0.717, 1.165) is 12.8 Å². The lowest BCUT2D eigenvalue weighted by atomic mass is 10.1. The summed E-state index contributed by atoms with van der Waals surface area (Å²) in [5.74, 6) is 0. The van der Waals surface area contributed by atoms with Gasteiger partial charge in [-0.05, 0) is 12.8 Å². The first-order valence-corrected chi connectivity index (χ1v) is 6.83. The highest BCUT2D eigenvalue weighted by molar-refractivity contribution is 4.58. The van der Waals surface area contributed by atoms with Crippen LogP contribution < -0.4 is 5.73 Å². The average Bonchev–Trinajstić information content (AvgIpc) is 2.34. The monoisotopic (exact) mass is 247 g/mol. The standard InChI is InChI=1S/C13H29NO3/c1-2-3-4-5-6-7-13(16)8-9-17-11-12(14)10-15/h12-13,15-16H,2-11,14H2,1H3/t12-,13+/m0/s1.